The van der Waals surface area contributed by atoms with Crippen molar-refractivity contribution in [3.8, 4) is 6.07 Å². The van der Waals surface area contributed by atoms with Crippen molar-refractivity contribution in [3.63, 3.8) is 0 Å². The molecule has 0 atom stereocenters. The number of nitrogens with zero attached hydrogens (tertiary/aromatic N) is 1. The first-order valence-corrected chi connectivity index (χ1v) is 3.53. The van der Waals surface area contributed by atoms with Crippen molar-refractivity contribution in [1.29, 1.82) is 0 Å². The summed E-state index contributed by atoms with van der Waals surface area (Å²) in [4.78, 5) is 0. The van der Waals surface area contributed by atoms with Gasteiger partial charge in [-0.2, -0.15) is 0 Å². The summed E-state index contributed by atoms with van der Waals surface area (Å²) in [6, 6.07) is 6.91. The Bertz CT molecular complexity index is 327. The van der Waals surface area contributed by atoms with Crippen LogP contribution in [0.15, 0.2) is 18.2 Å². The topological polar surface area (TPSA) is 27.4 Å². The zero-order valence-corrected chi connectivity index (χ0v) is 6.86. The fourth-order valence-corrected chi connectivity index (χ4v) is 0.916. The van der Waals surface area contributed by atoms with Crippen molar-refractivity contribution in [3.05, 3.63) is 44.0 Å². The summed E-state index contributed by atoms with van der Waals surface area (Å²) < 4.78 is 0. The fraction of sp³-hybridized carbons (Fsp3) is 0. The van der Waals surface area contributed by atoms with E-state index in [1.54, 1.807) is 12.1 Å². The van der Waals surface area contributed by atoms with Crippen LogP contribution in [-0.2, 0) is 0 Å². The molecule has 0 saturated carbocycles. The van der Waals surface area contributed by atoms with E-state index < -0.39 is 0 Å². The number of benzene rings is 1. The van der Waals surface area contributed by atoms with Gasteiger partial charge < -0.3 is 5.21 Å². The highest BCUT2D eigenvalue weighted by Crippen LogP contribution is 2.21. The summed E-state index contributed by atoms with van der Waals surface area (Å²) in [7, 11) is 0. The third-order valence-electron chi connectivity index (χ3n) is 1.09. The Kier molecular flexibility index (Phi) is 2.58. The monoisotopic (exact) mass is 187 g/mol. The van der Waals surface area contributed by atoms with E-state index in [0.717, 1.165) is 0 Å². The summed E-state index contributed by atoms with van der Waals surface area (Å²) in [6.07, 6.45) is 0. The van der Waals surface area contributed by atoms with Crippen LogP contribution in [0.1, 0.15) is 5.56 Å². The van der Waals surface area contributed by atoms with Crippen LogP contribution in [0.4, 0.5) is 0 Å². The zero-order valence-electron chi connectivity index (χ0n) is 5.34. The van der Waals surface area contributed by atoms with Gasteiger partial charge in [0.2, 0.25) is 0 Å². The van der Waals surface area contributed by atoms with Gasteiger partial charge in [-0.3, -0.25) is 0 Å². The van der Waals surface area contributed by atoms with Crippen LogP contribution in [0.5, 0.6) is 0 Å². The largest absolute Gasteiger partial charge is 0.498 e. The summed E-state index contributed by atoms with van der Waals surface area (Å²) in [6.45, 7) is 0. The summed E-state index contributed by atoms with van der Waals surface area (Å²) in [5.41, 5.74) is 0.523. The maximum atomic E-state index is 9.73. The van der Waals surface area contributed by atoms with Crippen LogP contribution in [0.2, 0.25) is 10.0 Å². The lowest BCUT2D eigenvalue weighted by Crippen LogP contribution is -1.73. The lowest BCUT2D eigenvalue weighted by molar-refractivity contribution is 1.64. The Balaban J connectivity index is 3.12. The van der Waals surface area contributed by atoms with Gasteiger partial charge in [-0.25, -0.2) is 0 Å². The van der Waals surface area contributed by atoms with Crippen molar-refractivity contribution in [2.24, 2.45) is 0 Å². The Morgan fingerprint density at radius 1 is 1.27 bits per heavy atom. The van der Waals surface area contributed by atoms with Crippen LogP contribution < -0.4 is 0 Å². The molecule has 0 N–H and O–H groups in total. The van der Waals surface area contributed by atoms with Gasteiger partial charge in [-0.05, 0) is 18.2 Å². The highest BCUT2D eigenvalue weighted by atomic mass is 35.5. The van der Waals surface area contributed by atoms with Gasteiger partial charge in [-0.15, -0.1) is 0 Å². The van der Waals surface area contributed by atoms with Crippen LogP contribution in [-0.4, -0.2) is 0 Å². The molecule has 0 heterocycles. The van der Waals surface area contributed by atoms with Gasteiger partial charge in [0.25, 0.3) is 0 Å². The third-order valence-corrected chi connectivity index (χ3v) is 1.83. The first kappa shape index (κ1) is 8.19. The molecular formula is C7H3Cl2NO. The van der Waals surface area contributed by atoms with Gasteiger partial charge in [0.15, 0.2) is 0 Å². The van der Waals surface area contributed by atoms with Gasteiger partial charge >= 0.3 is 6.07 Å². The molecule has 1 rings (SSSR count). The van der Waals surface area contributed by atoms with E-state index in [4.69, 9.17) is 23.2 Å². The van der Waals surface area contributed by atoms with Crippen molar-refractivity contribution in [1.82, 2.24) is 0 Å². The number of rotatable bonds is 0. The van der Waals surface area contributed by atoms with Crippen LogP contribution >= 0.6 is 23.2 Å². The minimum absolute atomic E-state index is 0.389. The molecule has 0 amide bonds. The standard InChI is InChI=1S/C7H3Cl2NO/c8-6-2-1-5(4-10-11)3-7(6)9/h1-3H. The Hall–Kier alpha value is -0.910. The molecule has 0 unspecified atom stereocenters. The minimum atomic E-state index is 0.389. The molecule has 0 aliphatic heterocycles. The summed E-state index contributed by atoms with van der Waals surface area (Å²) >= 11 is 11.2. The second kappa shape index (κ2) is 3.47. The average Bonchev–Trinajstić information content (AvgIpc) is 1.98. The van der Waals surface area contributed by atoms with E-state index in [0.29, 0.717) is 15.6 Å². The first-order chi connectivity index (χ1) is 5.24. The van der Waals surface area contributed by atoms with Crippen LogP contribution in [0.3, 0.4) is 0 Å². The first-order valence-electron chi connectivity index (χ1n) is 2.77. The smallest absolute Gasteiger partial charge is 0.336 e. The van der Waals surface area contributed by atoms with Gasteiger partial charge in [0.1, 0.15) is 5.56 Å². The van der Waals surface area contributed by atoms with Crippen LogP contribution in [0, 0.1) is 11.3 Å². The van der Waals surface area contributed by atoms with Crippen molar-refractivity contribution < 1.29 is 0 Å². The molecule has 0 bridgehead atoms. The van der Waals surface area contributed by atoms with E-state index in [-0.39, 0.29) is 0 Å². The summed E-state index contributed by atoms with van der Waals surface area (Å²) in [5, 5.41) is 13.0. The van der Waals surface area contributed by atoms with Crippen molar-refractivity contribution in [2.75, 3.05) is 0 Å². The minimum Gasteiger partial charge on any atom is -0.498 e. The van der Waals surface area contributed by atoms with E-state index in [2.05, 4.69) is 11.1 Å². The molecular weight excluding hydrogens is 185 g/mol. The van der Waals surface area contributed by atoms with E-state index in [1.807, 2.05) is 0 Å². The van der Waals surface area contributed by atoms with E-state index in [9.17, 15) is 5.21 Å². The molecule has 1 aromatic carbocycles. The van der Waals surface area contributed by atoms with Crippen molar-refractivity contribution in [2.45, 2.75) is 0 Å². The molecule has 1 aromatic rings. The average molecular weight is 188 g/mol. The Morgan fingerprint density at radius 2 is 2.00 bits per heavy atom. The molecule has 0 aliphatic rings. The maximum absolute atomic E-state index is 9.73. The fourth-order valence-electron chi connectivity index (χ4n) is 0.618. The zero-order chi connectivity index (χ0) is 8.27. The summed E-state index contributed by atoms with van der Waals surface area (Å²) in [5.74, 6) is 0. The van der Waals surface area contributed by atoms with Gasteiger partial charge in [0.05, 0.1) is 10.0 Å². The van der Waals surface area contributed by atoms with Gasteiger partial charge in [0, 0.05) is 5.01 Å². The molecule has 0 fully saturated rings. The molecule has 56 valence electrons. The van der Waals surface area contributed by atoms with Crippen molar-refractivity contribution >= 4 is 23.2 Å². The Labute approximate surface area is 73.8 Å². The lowest BCUT2D eigenvalue weighted by Gasteiger charge is -1.91. The number of hydrogen-bond acceptors (Lipinski definition) is 1. The molecule has 0 aromatic heterocycles. The number of halogens is 2. The second-order valence-electron chi connectivity index (χ2n) is 1.83. The maximum Gasteiger partial charge on any atom is 0.336 e. The van der Waals surface area contributed by atoms with Crippen LogP contribution in [0.25, 0.3) is 5.01 Å². The predicted molar refractivity (Wildman–Crippen MR) is 46.2 cm³/mol. The third kappa shape index (κ3) is 2.01. The van der Waals surface area contributed by atoms with Gasteiger partial charge in [-0.1, -0.05) is 23.2 Å². The highest BCUT2D eigenvalue weighted by Gasteiger charge is 1.99. The molecule has 0 spiro atoms. The highest BCUT2D eigenvalue weighted by molar-refractivity contribution is 6.42. The molecule has 2 nitrogen and oxygen atoms in total. The molecule has 0 radical (unpaired) electrons. The number of hydrogen-bond donors (Lipinski definition) is 0. The predicted octanol–water partition coefficient (Wildman–Crippen LogP) is 3.17. The second-order valence-corrected chi connectivity index (χ2v) is 2.65. The normalized spacial score (nSPS) is 8.55. The quantitative estimate of drug-likeness (QED) is 0.574. The molecule has 0 saturated heterocycles. The van der Waals surface area contributed by atoms with E-state index in [1.165, 1.54) is 6.07 Å². The molecule has 0 aliphatic carbocycles. The molecule has 4 heteroatoms. The Morgan fingerprint density at radius 3 is 2.55 bits per heavy atom. The molecule has 11 heavy (non-hydrogen) atoms. The lowest BCUT2D eigenvalue weighted by atomic mass is 10.2. The van der Waals surface area contributed by atoms with E-state index >= 15 is 0 Å². The SMILES string of the molecule is [O-][N+]#Cc1ccc(Cl)c(Cl)c1.